The lowest BCUT2D eigenvalue weighted by atomic mass is 10.0. The molecule has 0 amide bonds. The van der Waals surface area contributed by atoms with Gasteiger partial charge in [0.2, 0.25) is 0 Å². The van der Waals surface area contributed by atoms with Crippen LogP contribution < -0.4 is 9.47 Å². The fourth-order valence-electron chi connectivity index (χ4n) is 2.96. The minimum Gasteiger partial charge on any atom is -0.493 e. The number of carbonyl (C=O) groups is 1. The van der Waals surface area contributed by atoms with E-state index < -0.39 is 0 Å². The topological polar surface area (TPSA) is 35.5 Å². The van der Waals surface area contributed by atoms with Crippen molar-refractivity contribution in [2.75, 3.05) is 13.7 Å². The minimum atomic E-state index is -0.0334. The lowest BCUT2D eigenvalue weighted by Gasteiger charge is -2.11. The number of hydrogen-bond acceptors (Lipinski definition) is 3. The number of hydrogen-bond donors (Lipinski definition) is 0. The second-order valence-corrected chi connectivity index (χ2v) is 6.75. The summed E-state index contributed by atoms with van der Waals surface area (Å²) in [6.07, 6.45) is 5.45. The molecular weight excluding hydrogens is 360 g/mol. The van der Waals surface area contributed by atoms with Gasteiger partial charge in [0.25, 0.3) is 0 Å². The fourth-order valence-corrected chi connectivity index (χ4v) is 2.96. The van der Waals surface area contributed by atoms with E-state index in [0.717, 1.165) is 29.5 Å². The van der Waals surface area contributed by atoms with Crippen molar-refractivity contribution in [1.29, 1.82) is 0 Å². The fraction of sp³-hybridized carbons (Fsp3) is 0.192. The molecule has 0 aliphatic carbocycles. The maximum absolute atomic E-state index is 12.5. The molecule has 148 valence electrons. The highest BCUT2D eigenvalue weighted by Gasteiger charge is 2.06. The molecule has 0 radical (unpaired) electrons. The molecule has 0 fully saturated rings. The van der Waals surface area contributed by atoms with Gasteiger partial charge in [-0.15, -0.1) is 0 Å². The highest BCUT2D eigenvalue weighted by molar-refractivity contribution is 6.07. The lowest BCUT2D eigenvalue weighted by Crippen LogP contribution is -1.99. The number of methoxy groups -OCH3 is 1. The van der Waals surface area contributed by atoms with Gasteiger partial charge in [0.05, 0.1) is 13.7 Å². The Bertz CT molecular complexity index is 957. The lowest BCUT2D eigenvalue weighted by molar-refractivity contribution is 0.104. The number of allylic oxidation sites excluding steroid dienone is 1. The Hall–Kier alpha value is -3.33. The van der Waals surface area contributed by atoms with E-state index in [2.05, 4.69) is 19.1 Å². The van der Waals surface area contributed by atoms with Crippen LogP contribution in [0.5, 0.6) is 11.5 Å². The number of rotatable bonds is 9. The smallest absolute Gasteiger partial charge is 0.185 e. The van der Waals surface area contributed by atoms with Crippen LogP contribution in [0.4, 0.5) is 0 Å². The third kappa shape index (κ3) is 5.58. The molecule has 0 spiro atoms. The molecule has 3 rings (SSSR count). The van der Waals surface area contributed by atoms with Crippen molar-refractivity contribution in [1.82, 2.24) is 0 Å². The molecule has 0 bridgehead atoms. The third-order valence-corrected chi connectivity index (χ3v) is 4.65. The van der Waals surface area contributed by atoms with Crippen molar-refractivity contribution >= 4 is 11.9 Å². The van der Waals surface area contributed by atoms with Crippen molar-refractivity contribution in [2.24, 2.45) is 0 Å². The van der Waals surface area contributed by atoms with E-state index in [4.69, 9.17) is 9.47 Å². The van der Waals surface area contributed by atoms with E-state index in [-0.39, 0.29) is 5.78 Å². The number of unbranched alkanes of at least 4 members (excludes halogenated alkanes) is 1. The van der Waals surface area contributed by atoms with E-state index >= 15 is 0 Å². The van der Waals surface area contributed by atoms with Crippen LogP contribution in [0, 0.1) is 0 Å². The van der Waals surface area contributed by atoms with Gasteiger partial charge in [0.15, 0.2) is 17.3 Å². The third-order valence-electron chi connectivity index (χ3n) is 4.65. The Morgan fingerprint density at radius 2 is 1.62 bits per heavy atom. The normalized spacial score (nSPS) is 10.8. The first-order valence-corrected chi connectivity index (χ1v) is 9.90. The molecule has 0 saturated carbocycles. The highest BCUT2D eigenvalue weighted by Crippen LogP contribution is 2.29. The molecule has 0 unspecified atom stereocenters. The average molecular weight is 386 g/mol. The first-order chi connectivity index (χ1) is 14.2. The van der Waals surface area contributed by atoms with Gasteiger partial charge in [-0.05, 0) is 41.3 Å². The Balaban J connectivity index is 1.70. The second-order valence-electron chi connectivity index (χ2n) is 6.75. The molecule has 3 heteroatoms. The predicted octanol–water partition coefficient (Wildman–Crippen LogP) is 6.44. The SMILES string of the molecule is CCCCOc1cc(/C=C/C(=O)c2ccc(-c3ccccc3)cc2)ccc1OC. The summed E-state index contributed by atoms with van der Waals surface area (Å²) in [5.41, 5.74) is 3.78. The Kier molecular flexibility index (Phi) is 7.23. The zero-order valence-electron chi connectivity index (χ0n) is 16.9. The summed E-state index contributed by atoms with van der Waals surface area (Å²) in [7, 11) is 1.63. The van der Waals surface area contributed by atoms with Crippen LogP contribution in [0.3, 0.4) is 0 Å². The first-order valence-electron chi connectivity index (χ1n) is 9.90. The van der Waals surface area contributed by atoms with E-state index in [0.29, 0.717) is 23.7 Å². The summed E-state index contributed by atoms with van der Waals surface area (Å²) < 4.78 is 11.2. The summed E-state index contributed by atoms with van der Waals surface area (Å²) >= 11 is 0. The summed E-state index contributed by atoms with van der Waals surface area (Å²) in [4.78, 5) is 12.5. The number of ketones is 1. The molecule has 0 atom stereocenters. The van der Waals surface area contributed by atoms with Gasteiger partial charge < -0.3 is 9.47 Å². The van der Waals surface area contributed by atoms with Crippen molar-refractivity contribution in [2.45, 2.75) is 19.8 Å². The Morgan fingerprint density at radius 1 is 0.897 bits per heavy atom. The van der Waals surface area contributed by atoms with Crippen LogP contribution in [0.1, 0.15) is 35.7 Å². The standard InChI is InChI=1S/C26H26O3/c1-3-4-18-29-26-19-20(11-17-25(26)28-2)10-16-24(27)23-14-12-22(13-15-23)21-8-6-5-7-9-21/h5-17,19H,3-4,18H2,1-2H3/b16-10+. The zero-order valence-corrected chi connectivity index (χ0v) is 16.9. The summed E-state index contributed by atoms with van der Waals surface area (Å²) in [5.74, 6) is 1.36. The first kappa shape index (κ1) is 20.4. The van der Waals surface area contributed by atoms with Crippen LogP contribution in [0.15, 0.2) is 78.9 Å². The van der Waals surface area contributed by atoms with Crippen molar-refractivity contribution in [3.05, 3.63) is 90.0 Å². The number of benzene rings is 3. The molecule has 0 heterocycles. The number of carbonyl (C=O) groups excluding carboxylic acids is 1. The molecule has 0 N–H and O–H groups in total. The molecule has 0 aliphatic heterocycles. The average Bonchev–Trinajstić information content (AvgIpc) is 2.78. The summed E-state index contributed by atoms with van der Waals surface area (Å²) in [5, 5.41) is 0. The van der Waals surface area contributed by atoms with Gasteiger partial charge in [-0.2, -0.15) is 0 Å². The maximum atomic E-state index is 12.5. The molecule has 3 aromatic rings. The predicted molar refractivity (Wildman–Crippen MR) is 119 cm³/mol. The van der Waals surface area contributed by atoms with Crippen LogP contribution in [0.25, 0.3) is 17.2 Å². The van der Waals surface area contributed by atoms with Gasteiger partial charge in [0, 0.05) is 5.56 Å². The van der Waals surface area contributed by atoms with Crippen LogP contribution >= 0.6 is 0 Å². The van der Waals surface area contributed by atoms with Gasteiger partial charge in [-0.3, -0.25) is 4.79 Å². The van der Waals surface area contributed by atoms with E-state index in [1.54, 1.807) is 19.3 Å². The van der Waals surface area contributed by atoms with E-state index in [1.807, 2.05) is 60.7 Å². The van der Waals surface area contributed by atoms with E-state index in [1.165, 1.54) is 0 Å². The Morgan fingerprint density at radius 3 is 2.31 bits per heavy atom. The van der Waals surface area contributed by atoms with Crippen molar-refractivity contribution in [3.8, 4) is 22.6 Å². The molecule has 0 saturated heterocycles. The van der Waals surface area contributed by atoms with Crippen LogP contribution in [0.2, 0.25) is 0 Å². The highest BCUT2D eigenvalue weighted by atomic mass is 16.5. The van der Waals surface area contributed by atoms with Gasteiger partial charge in [-0.25, -0.2) is 0 Å². The number of ether oxygens (including phenoxy) is 2. The quantitative estimate of drug-likeness (QED) is 0.241. The van der Waals surface area contributed by atoms with Gasteiger partial charge >= 0.3 is 0 Å². The minimum absolute atomic E-state index is 0.0334. The maximum Gasteiger partial charge on any atom is 0.185 e. The molecule has 3 aromatic carbocycles. The Labute approximate surface area is 172 Å². The monoisotopic (exact) mass is 386 g/mol. The molecule has 29 heavy (non-hydrogen) atoms. The molecule has 0 aliphatic rings. The van der Waals surface area contributed by atoms with Gasteiger partial charge in [0.1, 0.15) is 0 Å². The van der Waals surface area contributed by atoms with Crippen molar-refractivity contribution in [3.63, 3.8) is 0 Å². The van der Waals surface area contributed by atoms with Crippen LogP contribution in [-0.2, 0) is 0 Å². The largest absolute Gasteiger partial charge is 0.493 e. The van der Waals surface area contributed by atoms with Crippen molar-refractivity contribution < 1.29 is 14.3 Å². The summed E-state index contributed by atoms with van der Waals surface area (Å²) in [6.45, 7) is 2.77. The molecular formula is C26H26O3. The molecule has 3 nitrogen and oxygen atoms in total. The van der Waals surface area contributed by atoms with Gasteiger partial charge in [-0.1, -0.05) is 80.1 Å². The zero-order chi connectivity index (χ0) is 20.5. The second kappa shape index (κ2) is 10.3. The molecule has 0 aromatic heterocycles. The van der Waals surface area contributed by atoms with E-state index in [9.17, 15) is 4.79 Å². The summed E-state index contributed by atoms with van der Waals surface area (Å²) in [6, 6.07) is 23.5. The van der Waals surface area contributed by atoms with Crippen LogP contribution in [-0.4, -0.2) is 19.5 Å².